The van der Waals surface area contributed by atoms with Crippen LogP contribution < -0.4 is 0 Å². The first-order valence-corrected chi connectivity index (χ1v) is 6.80. The zero-order valence-electron chi connectivity index (χ0n) is 11.1. The van der Waals surface area contributed by atoms with Crippen molar-refractivity contribution in [1.29, 1.82) is 5.26 Å². The Kier molecular flexibility index (Phi) is 6.04. The van der Waals surface area contributed by atoms with Crippen LogP contribution in [0.4, 0.5) is 0 Å². The largest absolute Gasteiger partial charge is 0.342 e. The van der Waals surface area contributed by atoms with Gasteiger partial charge in [0, 0.05) is 19.0 Å². The molecule has 1 unspecified atom stereocenters. The molecule has 3 nitrogen and oxygen atoms in total. The Bertz CT molecular complexity index is 274. The van der Waals surface area contributed by atoms with Gasteiger partial charge in [0.05, 0.1) is 12.5 Å². The van der Waals surface area contributed by atoms with Crippen LogP contribution in [0.2, 0.25) is 0 Å². The van der Waals surface area contributed by atoms with Crippen molar-refractivity contribution >= 4 is 5.91 Å². The van der Waals surface area contributed by atoms with E-state index in [9.17, 15) is 4.79 Å². The van der Waals surface area contributed by atoms with E-state index in [1.54, 1.807) is 4.90 Å². The molecule has 0 radical (unpaired) electrons. The highest BCUT2D eigenvalue weighted by molar-refractivity contribution is 5.78. The summed E-state index contributed by atoms with van der Waals surface area (Å²) in [5, 5.41) is 8.67. The number of amides is 1. The Balaban J connectivity index is 2.51. The van der Waals surface area contributed by atoms with Crippen molar-refractivity contribution in [1.82, 2.24) is 4.90 Å². The van der Waals surface area contributed by atoms with E-state index in [4.69, 9.17) is 5.26 Å². The molecule has 0 bridgehead atoms. The van der Waals surface area contributed by atoms with E-state index in [0.29, 0.717) is 6.42 Å². The number of hydrogen-bond donors (Lipinski definition) is 0. The molecule has 1 fully saturated rings. The van der Waals surface area contributed by atoms with Crippen molar-refractivity contribution in [3.63, 3.8) is 0 Å². The Hall–Kier alpha value is -1.04. The van der Waals surface area contributed by atoms with Gasteiger partial charge >= 0.3 is 0 Å². The van der Waals surface area contributed by atoms with Gasteiger partial charge in [0.15, 0.2) is 0 Å². The minimum absolute atomic E-state index is 0.0398. The molecule has 0 saturated heterocycles. The van der Waals surface area contributed by atoms with Gasteiger partial charge in [-0.15, -0.1) is 0 Å². The van der Waals surface area contributed by atoms with Crippen LogP contribution in [-0.4, -0.2) is 23.9 Å². The van der Waals surface area contributed by atoms with Gasteiger partial charge < -0.3 is 4.90 Å². The molecule has 0 aliphatic heterocycles. The number of carbonyl (C=O) groups is 1. The molecule has 17 heavy (non-hydrogen) atoms. The minimum Gasteiger partial charge on any atom is -0.342 e. The fourth-order valence-corrected chi connectivity index (χ4v) is 2.48. The van der Waals surface area contributed by atoms with E-state index < -0.39 is 0 Å². The van der Waals surface area contributed by atoms with Crippen molar-refractivity contribution in [2.75, 3.05) is 7.05 Å². The molecule has 0 heterocycles. The van der Waals surface area contributed by atoms with E-state index in [2.05, 4.69) is 6.07 Å². The first-order chi connectivity index (χ1) is 8.16. The van der Waals surface area contributed by atoms with Gasteiger partial charge in [-0.3, -0.25) is 4.79 Å². The smallest absolute Gasteiger partial charge is 0.225 e. The van der Waals surface area contributed by atoms with Crippen LogP contribution in [0.5, 0.6) is 0 Å². The van der Waals surface area contributed by atoms with Crippen molar-refractivity contribution in [2.24, 2.45) is 5.92 Å². The normalized spacial score (nSPS) is 19.8. The standard InChI is InChI=1S/C14H24N2O/c1-12(10-11-15)16(2)14(17)13-8-6-4-3-5-7-9-13/h12-13H,3-10H2,1-2H3. The number of rotatable bonds is 3. The third-order valence-corrected chi connectivity index (χ3v) is 3.85. The summed E-state index contributed by atoms with van der Waals surface area (Å²) >= 11 is 0. The highest BCUT2D eigenvalue weighted by Gasteiger charge is 2.24. The number of nitriles is 1. The van der Waals surface area contributed by atoms with Gasteiger partial charge in [0.25, 0.3) is 0 Å². The van der Waals surface area contributed by atoms with Gasteiger partial charge in [0.1, 0.15) is 0 Å². The predicted molar refractivity (Wildman–Crippen MR) is 68.3 cm³/mol. The maximum Gasteiger partial charge on any atom is 0.225 e. The fourth-order valence-electron chi connectivity index (χ4n) is 2.48. The summed E-state index contributed by atoms with van der Waals surface area (Å²) in [7, 11) is 1.84. The second-order valence-corrected chi connectivity index (χ2v) is 5.20. The molecule has 1 atom stereocenters. The average molecular weight is 236 g/mol. The van der Waals surface area contributed by atoms with Crippen LogP contribution in [-0.2, 0) is 4.79 Å². The van der Waals surface area contributed by atoms with Crippen LogP contribution in [0.3, 0.4) is 0 Å². The van der Waals surface area contributed by atoms with Crippen LogP contribution in [0, 0.1) is 17.2 Å². The third kappa shape index (κ3) is 4.38. The van der Waals surface area contributed by atoms with Gasteiger partial charge in [-0.2, -0.15) is 5.26 Å². The Morgan fingerprint density at radius 3 is 2.35 bits per heavy atom. The van der Waals surface area contributed by atoms with Gasteiger partial charge in [-0.1, -0.05) is 32.1 Å². The van der Waals surface area contributed by atoms with Crippen molar-refractivity contribution in [3.05, 3.63) is 0 Å². The quantitative estimate of drug-likeness (QED) is 0.755. The van der Waals surface area contributed by atoms with Crippen LogP contribution in [0.25, 0.3) is 0 Å². The topological polar surface area (TPSA) is 44.1 Å². The fraction of sp³-hybridized carbons (Fsp3) is 0.857. The van der Waals surface area contributed by atoms with Crippen molar-refractivity contribution in [2.45, 2.75) is 64.3 Å². The molecule has 96 valence electrons. The van der Waals surface area contributed by atoms with Crippen LogP contribution in [0.15, 0.2) is 0 Å². The molecule has 0 aromatic rings. The molecule has 1 rings (SSSR count). The van der Waals surface area contributed by atoms with Crippen LogP contribution >= 0.6 is 0 Å². The molecule has 1 saturated carbocycles. The van der Waals surface area contributed by atoms with Gasteiger partial charge in [0.2, 0.25) is 5.91 Å². The van der Waals surface area contributed by atoms with Crippen molar-refractivity contribution in [3.8, 4) is 6.07 Å². The second-order valence-electron chi connectivity index (χ2n) is 5.20. The summed E-state index contributed by atoms with van der Waals surface area (Å²) in [4.78, 5) is 14.1. The minimum atomic E-state index is 0.0398. The van der Waals surface area contributed by atoms with Crippen molar-refractivity contribution < 1.29 is 4.79 Å². The summed E-state index contributed by atoms with van der Waals surface area (Å²) in [6, 6.07) is 2.17. The van der Waals surface area contributed by atoms with E-state index >= 15 is 0 Å². The maximum atomic E-state index is 12.3. The molecule has 1 aliphatic carbocycles. The zero-order valence-corrected chi connectivity index (χ0v) is 11.1. The third-order valence-electron chi connectivity index (χ3n) is 3.85. The molecule has 1 aliphatic rings. The SMILES string of the molecule is CC(CC#N)N(C)C(=O)C1CCCCCCC1. The molecule has 0 spiro atoms. The number of hydrogen-bond acceptors (Lipinski definition) is 2. The first-order valence-electron chi connectivity index (χ1n) is 6.80. The van der Waals surface area contributed by atoms with Gasteiger partial charge in [-0.25, -0.2) is 0 Å². The lowest BCUT2D eigenvalue weighted by Crippen LogP contribution is -2.39. The lowest BCUT2D eigenvalue weighted by molar-refractivity contribution is -0.136. The number of nitrogens with zero attached hydrogens (tertiary/aromatic N) is 2. The molecule has 0 aromatic heterocycles. The summed E-state index contributed by atoms with van der Waals surface area (Å²) in [5.74, 6) is 0.441. The lowest BCUT2D eigenvalue weighted by atomic mass is 9.90. The molecule has 1 amide bonds. The molecule has 3 heteroatoms. The summed E-state index contributed by atoms with van der Waals surface area (Å²) in [6.45, 7) is 1.95. The van der Waals surface area contributed by atoms with E-state index in [0.717, 1.165) is 12.8 Å². The van der Waals surface area contributed by atoms with Crippen LogP contribution in [0.1, 0.15) is 58.3 Å². The maximum absolute atomic E-state index is 12.3. The number of carbonyl (C=O) groups excluding carboxylic acids is 1. The second kappa shape index (κ2) is 7.32. The van der Waals surface area contributed by atoms with Gasteiger partial charge in [-0.05, 0) is 19.8 Å². The summed E-state index contributed by atoms with van der Waals surface area (Å²) < 4.78 is 0. The lowest BCUT2D eigenvalue weighted by Gasteiger charge is -2.28. The van der Waals surface area contributed by atoms with E-state index in [1.165, 1.54) is 32.1 Å². The molecule has 0 N–H and O–H groups in total. The Labute approximate surface area is 105 Å². The Morgan fingerprint density at radius 2 is 1.82 bits per heavy atom. The first kappa shape index (κ1) is 14.0. The molecule has 0 aromatic carbocycles. The predicted octanol–water partition coefficient (Wildman–Crippen LogP) is 3.11. The zero-order chi connectivity index (χ0) is 12.7. The van der Waals surface area contributed by atoms with E-state index in [1.807, 2.05) is 14.0 Å². The highest BCUT2D eigenvalue weighted by atomic mass is 16.2. The Morgan fingerprint density at radius 1 is 1.29 bits per heavy atom. The monoisotopic (exact) mass is 236 g/mol. The molecular formula is C14H24N2O. The summed E-state index contributed by atoms with van der Waals surface area (Å²) in [6.07, 6.45) is 8.69. The molecular weight excluding hydrogens is 212 g/mol. The highest BCUT2D eigenvalue weighted by Crippen LogP contribution is 2.24. The summed E-state index contributed by atoms with van der Waals surface area (Å²) in [5.41, 5.74) is 0. The average Bonchev–Trinajstić information content (AvgIpc) is 2.27. The van der Waals surface area contributed by atoms with E-state index in [-0.39, 0.29) is 17.9 Å².